The van der Waals surface area contributed by atoms with Crippen LogP contribution < -0.4 is 10.5 Å². The Bertz CT molecular complexity index is 861. The van der Waals surface area contributed by atoms with Gasteiger partial charge >= 0.3 is 0 Å². The van der Waals surface area contributed by atoms with E-state index in [-0.39, 0.29) is 11.5 Å². The first-order valence-electron chi connectivity index (χ1n) is 11.7. The van der Waals surface area contributed by atoms with Crippen LogP contribution >= 0.6 is 0 Å². The Morgan fingerprint density at radius 3 is 2.47 bits per heavy atom. The molecule has 0 radical (unpaired) electrons. The Labute approximate surface area is 182 Å². The minimum absolute atomic E-state index is 0.0492. The molecule has 2 N–H and O–H groups in total. The first-order chi connectivity index (χ1) is 14.4. The monoisotopic (exact) mass is 406 g/mol. The van der Waals surface area contributed by atoms with Gasteiger partial charge in [0.1, 0.15) is 11.9 Å². The smallest absolute Gasteiger partial charge is 0.140 e. The number of fused-ring (bicyclic) bond motifs is 1. The molecule has 30 heavy (non-hydrogen) atoms. The van der Waals surface area contributed by atoms with E-state index in [0.717, 1.165) is 38.2 Å². The summed E-state index contributed by atoms with van der Waals surface area (Å²) in [6, 6.07) is 16.1. The fourth-order valence-electron chi connectivity index (χ4n) is 5.14. The fourth-order valence-corrected chi connectivity index (χ4v) is 5.14. The third-order valence-electron chi connectivity index (χ3n) is 7.11. The lowest BCUT2D eigenvalue weighted by molar-refractivity contribution is 0.0529. The molecule has 0 bridgehead atoms. The molecule has 2 atom stereocenters. The number of aryl methyl sites for hydroxylation is 1. The number of nitrogens with two attached hydrogens (primary N) is 1. The third kappa shape index (κ3) is 4.29. The van der Waals surface area contributed by atoms with Gasteiger partial charge in [0.15, 0.2) is 0 Å². The summed E-state index contributed by atoms with van der Waals surface area (Å²) in [5.41, 5.74) is 11.5. The molecule has 0 amide bonds. The van der Waals surface area contributed by atoms with Gasteiger partial charge in [-0.1, -0.05) is 64.1 Å². The van der Waals surface area contributed by atoms with Crippen LogP contribution in [0.1, 0.15) is 68.9 Å². The van der Waals surface area contributed by atoms with Gasteiger partial charge < -0.3 is 10.5 Å². The average Bonchev–Trinajstić information content (AvgIpc) is 3.12. The predicted molar refractivity (Wildman–Crippen MR) is 125 cm³/mol. The zero-order valence-electron chi connectivity index (χ0n) is 19.2. The standard InChI is InChI=1S/C27H38N2O/c1-5-19-10-11-25(23(16-19)27(2,3)4)30-26-22-9-7-6-8-21(22)17-24(26)29-14-12-20(18-28)13-15-29/h6-11,16,20,24,26H,5,12-15,17-18,28H2,1-4H3/t24-,26-/m1/s1. The van der Waals surface area contributed by atoms with Crippen LogP contribution in [-0.4, -0.2) is 30.6 Å². The van der Waals surface area contributed by atoms with Gasteiger partial charge in [-0.05, 0) is 85.0 Å². The fraction of sp³-hybridized carbons (Fsp3) is 0.556. The van der Waals surface area contributed by atoms with E-state index >= 15 is 0 Å². The average molecular weight is 407 g/mol. The highest BCUT2D eigenvalue weighted by Gasteiger charge is 2.39. The maximum absolute atomic E-state index is 6.91. The van der Waals surface area contributed by atoms with E-state index in [4.69, 9.17) is 10.5 Å². The number of rotatable bonds is 5. The van der Waals surface area contributed by atoms with Crippen LogP contribution in [0.5, 0.6) is 5.75 Å². The topological polar surface area (TPSA) is 38.5 Å². The van der Waals surface area contributed by atoms with Crippen molar-refractivity contribution in [3.8, 4) is 5.75 Å². The molecule has 1 fully saturated rings. The van der Waals surface area contributed by atoms with Gasteiger partial charge in [-0.2, -0.15) is 0 Å². The molecule has 4 rings (SSSR count). The van der Waals surface area contributed by atoms with Gasteiger partial charge in [-0.15, -0.1) is 0 Å². The largest absolute Gasteiger partial charge is 0.484 e. The first kappa shape index (κ1) is 21.4. The van der Waals surface area contributed by atoms with Crippen LogP contribution in [0.25, 0.3) is 0 Å². The number of ether oxygens (including phenoxy) is 1. The number of nitrogens with zero attached hydrogens (tertiary/aromatic N) is 1. The lowest BCUT2D eigenvalue weighted by Gasteiger charge is -2.38. The Kier molecular flexibility index (Phi) is 6.22. The molecule has 3 heteroatoms. The molecule has 2 aromatic rings. The van der Waals surface area contributed by atoms with Gasteiger partial charge in [0.05, 0.1) is 6.04 Å². The summed E-state index contributed by atoms with van der Waals surface area (Å²) in [7, 11) is 0. The van der Waals surface area contributed by atoms with E-state index in [2.05, 4.69) is 75.1 Å². The first-order valence-corrected chi connectivity index (χ1v) is 11.7. The van der Waals surface area contributed by atoms with Crippen molar-refractivity contribution in [2.45, 2.75) is 70.9 Å². The van der Waals surface area contributed by atoms with E-state index in [1.165, 1.54) is 35.1 Å². The van der Waals surface area contributed by atoms with Crippen LogP contribution in [0, 0.1) is 5.92 Å². The molecule has 1 aliphatic heterocycles. The van der Waals surface area contributed by atoms with Gasteiger partial charge in [-0.25, -0.2) is 0 Å². The van der Waals surface area contributed by atoms with Gasteiger partial charge in [-0.3, -0.25) is 4.90 Å². The summed E-state index contributed by atoms with van der Waals surface area (Å²) in [5, 5.41) is 0. The van der Waals surface area contributed by atoms with E-state index in [0.29, 0.717) is 12.0 Å². The van der Waals surface area contributed by atoms with E-state index in [1.54, 1.807) is 0 Å². The van der Waals surface area contributed by atoms with E-state index < -0.39 is 0 Å². The van der Waals surface area contributed by atoms with Crippen LogP contribution in [0.4, 0.5) is 0 Å². The molecule has 0 saturated carbocycles. The van der Waals surface area contributed by atoms with Crippen molar-refractivity contribution < 1.29 is 4.74 Å². The molecule has 2 aliphatic rings. The number of likely N-dealkylation sites (tertiary alicyclic amines) is 1. The Morgan fingerprint density at radius 1 is 1.07 bits per heavy atom. The second kappa shape index (κ2) is 8.72. The lowest BCUT2D eigenvalue weighted by atomic mass is 9.85. The minimum atomic E-state index is 0.0492. The van der Waals surface area contributed by atoms with Crippen molar-refractivity contribution in [3.63, 3.8) is 0 Å². The van der Waals surface area contributed by atoms with Gasteiger partial charge in [0, 0.05) is 0 Å². The van der Waals surface area contributed by atoms with Crippen LogP contribution in [0.3, 0.4) is 0 Å². The highest BCUT2D eigenvalue weighted by molar-refractivity contribution is 5.44. The van der Waals surface area contributed by atoms with Crippen LogP contribution in [0.2, 0.25) is 0 Å². The molecule has 2 aromatic carbocycles. The number of hydrogen-bond donors (Lipinski definition) is 1. The lowest BCUT2D eigenvalue weighted by Crippen LogP contribution is -2.45. The molecule has 1 aliphatic carbocycles. The molecule has 3 nitrogen and oxygen atoms in total. The van der Waals surface area contributed by atoms with Gasteiger partial charge in [0.2, 0.25) is 0 Å². The molecule has 162 valence electrons. The van der Waals surface area contributed by atoms with Crippen molar-refractivity contribution in [2.24, 2.45) is 11.7 Å². The molecule has 1 heterocycles. The zero-order chi connectivity index (χ0) is 21.3. The third-order valence-corrected chi connectivity index (χ3v) is 7.11. The number of hydrogen-bond acceptors (Lipinski definition) is 3. The molecular weight excluding hydrogens is 368 g/mol. The second-order valence-corrected chi connectivity index (χ2v) is 10.2. The minimum Gasteiger partial charge on any atom is -0.484 e. The molecule has 0 unspecified atom stereocenters. The molecular formula is C27H38N2O. The van der Waals surface area contributed by atoms with Crippen LogP contribution in [0.15, 0.2) is 42.5 Å². The SMILES string of the molecule is CCc1ccc(O[C@@H]2c3ccccc3C[C@H]2N2CCC(CN)CC2)c(C(C)(C)C)c1. The van der Waals surface area contributed by atoms with Crippen molar-refractivity contribution in [2.75, 3.05) is 19.6 Å². The highest BCUT2D eigenvalue weighted by Crippen LogP contribution is 2.42. The molecule has 1 saturated heterocycles. The van der Waals surface area contributed by atoms with Crippen molar-refractivity contribution in [3.05, 3.63) is 64.7 Å². The maximum Gasteiger partial charge on any atom is 0.140 e. The quantitative estimate of drug-likeness (QED) is 0.736. The summed E-state index contributed by atoms with van der Waals surface area (Å²) in [6.45, 7) is 12.1. The number of benzene rings is 2. The molecule has 0 spiro atoms. The maximum atomic E-state index is 6.91. The summed E-state index contributed by atoms with van der Waals surface area (Å²) in [5.74, 6) is 1.72. The summed E-state index contributed by atoms with van der Waals surface area (Å²) >= 11 is 0. The number of piperidine rings is 1. The van der Waals surface area contributed by atoms with Crippen LogP contribution in [-0.2, 0) is 18.3 Å². The highest BCUT2D eigenvalue weighted by atomic mass is 16.5. The molecule has 0 aromatic heterocycles. The summed E-state index contributed by atoms with van der Waals surface area (Å²) in [6.07, 6.45) is 4.62. The second-order valence-electron chi connectivity index (χ2n) is 10.2. The van der Waals surface area contributed by atoms with Gasteiger partial charge in [0.25, 0.3) is 0 Å². The predicted octanol–water partition coefficient (Wildman–Crippen LogP) is 5.26. The Hall–Kier alpha value is -1.84. The van der Waals surface area contributed by atoms with Crippen molar-refractivity contribution in [1.29, 1.82) is 0 Å². The normalized spacial score (nSPS) is 22.8. The summed E-state index contributed by atoms with van der Waals surface area (Å²) in [4.78, 5) is 2.66. The zero-order valence-corrected chi connectivity index (χ0v) is 19.2. The van der Waals surface area contributed by atoms with E-state index in [1.807, 2.05) is 0 Å². The van der Waals surface area contributed by atoms with E-state index in [9.17, 15) is 0 Å². The Morgan fingerprint density at radius 2 is 1.80 bits per heavy atom. The van der Waals surface area contributed by atoms with Crippen molar-refractivity contribution in [1.82, 2.24) is 4.90 Å². The van der Waals surface area contributed by atoms with Crippen molar-refractivity contribution >= 4 is 0 Å². The Balaban J connectivity index is 1.65. The summed E-state index contributed by atoms with van der Waals surface area (Å²) < 4.78 is 6.91.